The summed E-state index contributed by atoms with van der Waals surface area (Å²) in [5.74, 6) is 0. The minimum absolute atomic E-state index is 0.653. The van der Waals surface area contributed by atoms with E-state index in [1.807, 2.05) is 20.9 Å². The van der Waals surface area contributed by atoms with Gasteiger partial charge in [-0.1, -0.05) is 13.8 Å². The molecule has 1 atom stereocenters. The van der Waals surface area contributed by atoms with Crippen LogP contribution >= 0.6 is 0 Å². The topological polar surface area (TPSA) is 27.3 Å². The smallest absolute Gasteiger partial charge is 0.0352 e. The fourth-order valence-electron chi connectivity index (χ4n) is 1.26. The van der Waals surface area contributed by atoms with Crippen molar-refractivity contribution < 1.29 is 0 Å². The maximum absolute atomic E-state index is 3.18. The van der Waals surface area contributed by atoms with Crippen molar-refractivity contribution in [2.24, 2.45) is 0 Å². The van der Waals surface area contributed by atoms with Crippen molar-refractivity contribution in [3.63, 3.8) is 0 Å². The highest BCUT2D eigenvalue weighted by Gasteiger charge is 2.17. The first kappa shape index (κ1) is 10.9. The lowest BCUT2D eigenvalue weighted by molar-refractivity contribution is 0.388. The second-order valence-corrected chi connectivity index (χ2v) is 2.64. The van der Waals surface area contributed by atoms with Crippen molar-refractivity contribution in [1.82, 2.24) is 15.8 Å². The Kier molecular flexibility index (Phi) is 6.51. The highest BCUT2D eigenvalue weighted by molar-refractivity contribution is 4.76. The third kappa shape index (κ3) is 4.35. The third-order valence-corrected chi connectivity index (χ3v) is 1.74. The van der Waals surface area contributed by atoms with Crippen LogP contribution in [0.2, 0.25) is 0 Å². The quantitative estimate of drug-likeness (QED) is 0.573. The van der Waals surface area contributed by atoms with Gasteiger partial charge in [-0.2, -0.15) is 0 Å². The standard InChI is InChI=1S/C6H15N3.C2H6/c1-7-8-6-3-4-9(2)5-6;1-2/h6-8H,3-5H2,1-2H3;1-2H3. The number of rotatable bonds is 2. The molecule has 1 fully saturated rings. The zero-order chi connectivity index (χ0) is 8.69. The molecule has 1 aliphatic heterocycles. The SMILES string of the molecule is CC.CNNC1CCN(C)C1. The van der Waals surface area contributed by atoms with E-state index >= 15 is 0 Å². The lowest BCUT2D eigenvalue weighted by Gasteiger charge is -2.10. The zero-order valence-electron chi connectivity index (χ0n) is 8.15. The van der Waals surface area contributed by atoms with E-state index in [9.17, 15) is 0 Å². The predicted molar refractivity (Wildman–Crippen MR) is 49.4 cm³/mol. The highest BCUT2D eigenvalue weighted by atomic mass is 15.4. The molecule has 68 valence electrons. The van der Waals surface area contributed by atoms with Gasteiger partial charge in [-0.15, -0.1) is 0 Å². The molecule has 0 bridgehead atoms. The molecule has 0 aliphatic carbocycles. The Morgan fingerprint density at radius 2 is 2.00 bits per heavy atom. The molecule has 0 radical (unpaired) electrons. The van der Waals surface area contributed by atoms with E-state index in [1.165, 1.54) is 19.5 Å². The second-order valence-electron chi connectivity index (χ2n) is 2.64. The number of hydrogen-bond donors (Lipinski definition) is 2. The van der Waals surface area contributed by atoms with E-state index in [4.69, 9.17) is 0 Å². The van der Waals surface area contributed by atoms with Gasteiger partial charge in [0.05, 0.1) is 0 Å². The summed E-state index contributed by atoms with van der Waals surface area (Å²) >= 11 is 0. The van der Waals surface area contributed by atoms with E-state index in [0.29, 0.717) is 6.04 Å². The molecule has 0 aromatic heterocycles. The van der Waals surface area contributed by atoms with Crippen LogP contribution in [0.5, 0.6) is 0 Å². The molecule has 2 N–H and O–H groups in total. The van der Waals surface area contributed by atoms with Gasteiger partial charge in [-0.25, -0.2) is 0 Å². The number of hydrazine groups is 1. The molecule has 0 spiro atoms. The van der Waals surface area contributed by atoms with Gasteiger partial charge in [0.1, 0.15) is 0 Å². The van der Waals surface area contributed by atoms with Gasteiger partial charge in [0.25, 0.3) is 0 Å². The van der Waals surface area contributed by atoms with Crippen LogP contribution < -0.4 is 10.9 Å². The van der Waals surface area contributed by atoms with Crippen LogP contribution in [0.4, 0.5) is 0 Å². The Morgan fingerprint density at radius 1 is 1.36 bits per heavy atom. The summed E-state index contributed by atoms with van der Waals surface area (Å²) in [6.07, 6.45) is 1.26. The van der Waals surface area contributed by atoms with Crippen LogP contribution in [0.15, 0.2) is 0 Å². The van der Waals surface area contributed by atoms with E-state index in [2.05, 4.69) is 22.8 Å². The summed E-state index contributed by atoms with van der Waals surface area (Å²) in [5.41, 5.74) is 6.14. The summed E-state index contributed by atoms with van der Waals surface area (Å²) in [7, 11) is 4.07. The van der Waals surface area contributed by atoms with Crippen molar-refractivity contribution >= 4 is 0 Å². The lowest BCUT2D eigenvalue weighted by atomic mass is 10.3. The number of nitrogens with zero attached hydrogens (tertiary/aromatic N) is 1. The zero-order valence-corrected chi connectivity index (χ0v) is 8.15. The molecular formula is C8H21N3. The summed E-state index contributed by atoms with van der Waals surface area (Å²) in [5, 5.41) is 0. The van der Waals surface area contributed by atoms with Crippen molar-refractivity contribution in [3.05, 3.63) is 0 Å². The molecule has 1 aliphatic rings. The van der Waals surface area contributed by atoms with Gasteiger partial charge in [-0.05, 0) is 27.1 Å². The summed E-state index contributed by atoms with van der Waals surface area (Å²) in [6, 6.07) is 0.653. The van der Waals surface area contributed by atoms with Gasteiger partial charge >= 0.3 is 0 Å². The fraction of sp³-hybridized carbons (Fsp3) is 1.00. The Bertz CT molecular complexity index is 83.4. The molecule has 3 nitrogen and oxygen atoms in total. The number of nitrogens with one attached hydrogen (secondary N) is 2. The van der Waals surface area contributed by atoms with Gasteiger partial charge in [-0.3, -0.25) is 10.9 Å². The Balaban J connectivity index is 0.000000461. The maximum atomic E-state index is 3.18. The van der Waals surface area contributed by atoms with E-state index in [-0.39, 0.29) is 0 Å². The van der Waals surface area contributed by atoms with Gasteiger partial charge in [0.2, 0.25) is 0 Å². The molecule has 1 rings (SSSR count). The van der Waals surface area contributed by atoms with Crippen LogP contribution in [0, 0.1) is 0 Å². The van der Waals surface area contributed by atoms with Gasteiger partial charge < -0.3 is 4.90 Å². The number of likely N-dealkylation sites (tertiary alicyclic amines) is 1. The van der Waals surface area contributed by atoms with Crippen molar-refractivity contribution in [1.29, 1.82) is 0 Å². The van der Waals surface area contributed by atoms with Crippen LogP contribution in [0.25, 0.3) is 0 Å². The molecule has 0 amide bonds. The third-order valence-electron chi connectivity index (χ3n) is 1.74. The molecule has 3 heteroatoms. The van der Waals surface area contributed by atoms with Gasteiger partial charge in [0, 0.05) is 12.6 Å². The highest BCUT2D eigenvalue weighted by Crippen LogP contribution is 2.04. The van der Waals surface area contributed by atoms with Gasteiger partial charge in [0.15, 0.2) is 0 Å². The molecule has 0 aromatic rings. The minimum Gasteiger partial charge on any atom is -0.305 e. The molecule has 11 heavy (non-hydrogen) atoms. The van der Waals surface area contributed by atoms with E-state index in [0.717, 1.165) is 0 Å². The molecule has 0 aromatic carbocycles. The molecule has 0 saturated carbocycles. The Morgan fingerprint density at radius 3 is 2.36 bits per heavy atom. The average molecular weight is 159 g/mol. The summed E-state index contributed by atoms with van der Waals surface area (Å²) < 4.78 is 0. The normalized spacial score (nSPS) is 24.5. The molecule has 1 heterocycles. The minimum atomic E-state index is 0.653. The van der Waals surface area contributed by atoms with Crippen molar-refractivity contribution in [3.8, 4) is 0 Å². The fourth-order valence-corrected chi connectivity index (χ4v) is 1.26. The Labute approximate surface area is 70.1 Å². The van der Waals surface area contributed by atoms with Crippen LogP contribution in [0.3, 0.4) is 0 Å². The van der Waals surface area contributed by atoms with Crippen LogP contribution in [-0.4, -0.2) is 38.1 Å². The first-order valence-electron chi connectivity index (χ1n) is 4.43. The number of hydrogen-bond acceptors (Lipinski definition) is 3. The van der Waals surface area contributed by atoms with Crippen molar-refractivity contribution in [2.45, 2.75) is 26.3 Å². The largest absolute Gasteiger partial charge is 0.305 e. The number of likely N-dealkylation sites (N-methyl/N-ethyl adjacent to an activating group) is 1. The van der Waals surface area contributed by atoms with E-state index < -0.39 is 0 Å². The molecular weight excluding hydrogens is 138 g/mol. The maximum Gasteiger partial charge on any atom is 0.0352 e. The second kappa shape index (κ2) is 6.58. The van der Waals surface area contributed by atoms with Crippen molar-refractivity contribution in [2.75, 3.05) is 27.2 Å². The van der Waals surface area contributed by atoms with Crippen LogP contribution in [0.1, 0.15) is 20.3 Å². The Hall–Kier alpha value is -0.120. The predicted octanol–water partition coefficient (Wildman–Crippen LogP) is 0.441. The monoisotopic (exact) mass is 159 g/mol. The van der Waals surface area contributed by atoms with Crippen LogP contribution in [-0.2, 0) is 0 Å². The molecule has 1 unspecified atom stereocenters. The molecule has 1 saturated heterocycles. The summed E-state index contributed by atoms with van der Waals surface area (Å²) in [6.45, 7) is 6.39. The van der Waals surface area contributed by atoms with E-state index in [1.54, 1.807) is 0 Å². The summed E-state index contributed by atoms with van der Waals surface area (Å²) in [4.78, 5) is 2.33. The first-order valence-corrected chi connectivity index (χ1v) is 4.43. The lowest BCUT2D eigenvalue weighted by Crippen LogP contribution is -2.39. The first-order chi connectivity index (χ1) is 5.33. The average Bonchev–Trinajstić information content (AvgIpc) is 2.41.